The predicted molar refractivity (Wildman–Crippen MR) is 140 cm³/mol. The van der Waals surface area contributed by atoms with Crippen LogP contribution in [-0.4, -0.2) is 68.2 Å². The highest BCUT2D eigenvalue weighted by atomic mass is 32.2. The van der Waals surface area contributed by atoms with E-state index >= 15 is 0 Å². The molecule has 3 heterocycles. The number of nitrogens with zero attached hydrogens (tertiary/aromatic N) is 3. The van der Waals surface area contributed by atoms with E-state index in [-0.39, 0.29) is 29.1 Å². The van der Waals surface area contributed by atoms with Gasteiger partial charge in [-0.25, -0.2) is 13.4 Å². The van der Waals surface area contributed by atoms with Crippen molar-refractivity contribution >= 4 is 42.6 Å². The molecule has 2 aliphatic rings. The minimum absolute atomic E-state index is 0.0485. The monoisotopic (exact) mass is 529 g/mol. The van der Waals surface area contributed by atoms with Crippen molar-refractivity contribution in [1.29, 1.82) is 0 Å². The molecule has 36 heavy (non-hydrogen) atoms. The lowest BCUT2D eigenvalue weighted by Crippen LogP contribution is -2.48. The molecular formula is C26H31N3O5S2. The van der Waals surface area contributed by atoms with E-state index in [9.17, 15) is 13.2 Å². The molecule has 0 saturated carbocycles. The molecule has 3 atom stereocenters. The first-order valence-corrected chi connectivity index (χ1v) is 14.5. The summed E-state index contributed by atoms with van der Waals surface area (Å²) in [6, 6.07) is 12.2. The highest BCUT2D eigenvalue weighted by Crippen LogP contribution is 2.32. The Hall–Kier alpha value is -2.37. The van der Waals surface area contributed by atoms with Crippen molar-refractivity contribution in [2.45, 2.75) is 56.8 Å². The molecule has 2 aromatic carbocycles. The number of ether oxygens (including phenoxy) is 2. The van der Waals surface area contributed by atoms with Crippen LogP contribution in [0, 0.1) is 6.92 Å². The smallest absolute Gasteiger partial charge is 0.260 e. The zero-order chi connectivity index (χ0) is 25.4. The van der Waals surface area contributed by atoms with Crippen molar-refractivity contribution in [3.05, 3.63) is 53.6 Å². The number of benzene rings is 2. The van der Waals surface area contributed by atoms with Gasteiger partial charge in [-0.15, -0.1) is 0 Å². The van der Waals surface area contributed by atoms with Gasteiger partial charge >= 0.3 is 0 Å². The highest BCUT2D eigenvalue weighted by molar-refractivity contribution is 7.89. The molecule has 0 aliphatic carbocycles. The Morgan fingerprint density at radius 1 is 1.14 bits per heavy atom. The number of anilines is 1. The van der Waals surface area contributed by atoms with E-state index in [2.05, 4.69) is 6.07 Å². The second kappa shape index (κ2) is 10.2. The van der Waals surface area contributed by atoms with Crippen LogP contribution in [0.5, 0.6) is 0 Å². The molecule has 0 spiro atoms. The van der Waals surface area contributed by atoms with Gasteiger partial charge in [-0.2, -0.15) is 4.31 Å². The molecule has 1 amide bonds. The van der Waals surface area contributed by atoms with Crippen molar-refractivity contribution in [1.82, 2.24) is 9.29 Å². The Kier molecular flexibility index (Phi) is 7.15. The van der Waals surface area contributed by atoms with Gasteiger partial charge in [0.15, 0.2) is 5.13 Å². The second-order valence-corrected chi connectivity index (χ2v) is 12.6. The number of aryl methyl sites for hydroxylation is 1. The van der Waals surface area contributed by atoms with Gasteiger partial charge in [0.05, 0.1) is 40.0 Å². The van der Waals surface area contributed by atoms with Gasteiger partial charge in [0, 0.05) is 25.3 Å². The van der Waals surface area contributed by atoms with E-state index < -0.39 is 10.0 Å². The van der Waals surface area contributed by atoms with E-state index in [1.807, 2.05) is 32.9 Å². The van der Waals surface area contributed by atoms with Crippen molar-refractivity contribution in [3.8, 4) is 0 Å². The third-order valence-electron chi connectivity index (χ3n) is 6.54. The molecule has 3 unspecified atom stereocenters. The van der Waals surface area contributed by atoms with Crippen LogP contribution in [-0.2, 0) is 19.5 Å². The number of carbonyl (C=O) groups excluding carboxylic acids is 1. The van der Waals surface area contributed by atoms with Gasteiger partial charge in [-0.3, -0.25) is 9.69 Å². The van der Waals surface area contributed by atoms with Crippen molar-refractivity contribution < 1.29 is 22.7 Å². The summed E-state index contributed by atoms with van der Waals surface area (Å²) < 4.78 is 40.4. The first-order valence-electron chi connectivity index (χ1n) is 12.3. The number of carbonyl (C=O) groups is 1. The van der Waals surface area contributed by atoms with Gasteiger partial charge < -0.3 is 9.47 Å². The van der Waals surface area contributed by atoms with E-state index in [4.69, 9.17) is 14.5 Å². The first-order chi connectivity index (χ1) is 17.2. The summed E-state index contributed by atoms with van der Waals surface area (Å²) >= 11 is 1.48. The molecule has 10 heteroatoms. The Balaban J connectivity index is 1.42. The molecule has 2 aliphatic heterocycles. The lowest BCUT2D eigenvalue weighted by atomic mass is 10.2. The Morgan fingerprint density at radius 3 is 2.53 bits per heavy atom. The third-order valence-corrected chi connectivity index (χ3v) is 9.43. The topological polar surface area (TPSA) is 89.0 Å². The minimum atomic E-state index is -3.68. The molecule has 2 fully saturated rings. The maximum absolute atomic E-state index is 13.7. The summed E-state index contributed by atoms with van der Waals surface area (Å²) in [6.45, 7) is 7.47. The van der Waals surface area contributed by atoms with Crippen LogP contribution in [0.2, 0.25) is 0 Å². The number of amides is 1. The largest absolute Gasteiger partial charge is 0.376 e. The number of morpholine rings is 1. The molecule has 0 N–H and O–H groups in total. The average molecular weight is 530 g/mol. The van der Waals surface area contributed by atoms with Gasteiger partial charge in [0.1, 0.15) is 0 Å². The second-order valence-electron chi connectivity index (χ2n) is 9.62. The Bertz CT molecular complexity index is 1340. The quantitative estimate of drug-likeness (QED) is 0.475. The van der Waals surface area contributed by atoms with Crippen molar-refractivity contribution in [3.63, 3.8) is 0 Å². The summed E-state index contributed by atoms with van der Waals surface area (Å²) in [6.07, 6.45) is 1.47. The molecular weight excluding hydrogens is 498 g/mol. The van der Waals surface area contributed by atoms with E-state index in [0.717, 1.165) is 28.6 Å². The van der Waals surface area contributed by atoms with Gasteiger partial charge in [0.2, 0.25) is 10.0 Å². The number of hydrogen-bond donors (Lipinski definition) is 0. The maximum Gasteiger partial charge on any atom is 0.260 e. The summed E-state index contributed by atoms with van der Waals surface area (Å²) in [4.78, 5) is 20.3. The summed E-state index contributed by atoms with van der Waals surface area (Å²) in [5.41, 5.74) is 2.39. The first kappa shape index (κ1) is 25.3. The van der Waals surface area contributed by atoms with Crippen LogP contribution >= 0.6 is 11.3 Å². The fraction of sp³-hybridized carbons (Fsp3) is 0.462. The number of thiazole rings is 1. The number of rotatable bonds is 6. The third kappa shape index (κ3) is 5.19. The summed E-state index contributed by atoms with van der Waals surface area (Å²) in [5.74, 6) is -0.223. The highest BCUT2D eigenvalue weighted by Gasteiger charge is 2.33. The number of fused-ring (bicyclic) bond motifs is 1. The van der Waals surface area contributed by atoms with E-state index in [1.54, 1.807) is 17.0 Å². The Labute approximate surface area is 215 Å². The molecule has 8 nitrogen and oxygen atoms in total. The standard InChI is InChI=1S/C26H31N3O5S2/c1-17-6-11-23-24(13-17)35-26(27-23)29(16-21-5-4-12-33-21)25(30)20-7-9-22(10-8-20)36(31,32)28-14-18(2)34-19(3)15-28/h6-11,13,18-19,21H,4-5,12,14-16H2,1-3H3. The van der Waals surface area contributed by atoms with Crippen LogP contribution in [0.25, 0.3) is 10.2 Å². The van der Waals surface area contributed by atoms with Crippen LogP contribution in [0.3, 0.4) is 0 Å². The van der Waals surface area contributed by atoms with E-state index in [0.29, 0.717) is 36.9 Å². The lowest BCUT2D eigenvalue weighted by Gasteiger charge is -2.34. The predicted octanol–water partition coefficient (Wildman–Crippen LogP) is 4.23. The fourth-order valence-electron chi connectivity index (χ4n) is 4.78. The fourth-order valence-corrected chi connectivity index (χ4v) is 7.44. The zero-order valence-corrected chi connectivity index (χ0v) is 22.3. The van der Waals surface area contributed by atoms with Gasteiger partial charge in [0.25, 0.3) is 5.91 Å². The average Bonchev–Trinajstić information content (AvgIpc) is 3.51. The number of aromatic nitrogens is 1. The normalized spacial score (nSPS) is 23.2. The van der Waals surface area contributed by atoms with Crippen LogP contribution < -0.4 is 4.90 Å². The molecule has 0 bridgehead atoms. The van der Waals surface area contributed by atoms with Crippen LogP contribution in [0.15, 0.2) is 47.4 Å². The maximum atomic E-state index is 13.7. The molecule has 5 rings (SSSR count). The van der Waals surface area contributed by atoms with Crippen LogP contribution in [0.4, 0.5) is 5.13 Å². The SMILES string of the molecule is Cc1ccc2nc(N(CC3CCCO3)C(=O)c3ccc(S(=O)(=O)N4CC(C)OC(C)C4)cc3)sc2c1. The summed E-state index contributed by atoms with van der Waals surface area (Å²) in [7, 11) is -3.68. The van der Waals surface area contributed by atoms with Gasteiger partial charge in [-0.1, -0.05) is 17.4 Å². The van der Waals surface area contributed by atoms with Crippen molar-refractivity contribution in [2.24, 2.45) is 0 Å². The van der Waals surface area contributed by atoms with Crippen molar-refractivity contribution in [2.75, 3.05) is 31.1 Å². The zero-order valence-electron chi connectivity index (χ0n) is 20.7. The van der Waals surface area contributed by atoms with E-state index in [1.165, 1.54) is 27.8 Å². The number of sulfonamides is 1. The van der Waals surface area contributed by atoms with Crippen LogP contribution in [0.1, 0.15) is 42.6 Å². The lowest BCUT2D eigenvalue weighted by molar-refractivity contribution is -0.0440. The molecule has 0 radical (unpaired) electrons. The molecule has 2 saturated heterocycles. The minimum Gasteiger partial charge on any atom is -0.376 e. The molecule has 1 aromatic heterocycles. The molecule has 3 aromatic rings. The van der Waals surface area contributed by atoms with Gasteiger partial charge in [-0.05, 0) is 75.6 Å². The Morgan fingerprint density at radius 2 is 1.86 bits per heavy atom. The summed E-state index contributed by atoms with van der Waals surface area (Å²) in [5, 5.41) is 0.615. The number of hydrogen-bond acceptors (Lipinski definition) is 7. The molecule has 192 valence electrons.